The number of halogens is 3. The summed E-state index contributed by atoms with van der Waals surface area (Å²) in [4.78, 5) is 15.9. The summed E-state index contributed by atoms with van der Waals surface area (Å²) in [6.07, 6.45) is -4.67. The van der Waals surface area contributed by atoms with E-state index < -0.39 is 39.1 Å². The highest BCUT2D eigenvalue weighted by Gasteiger charge is 2.31. The topological polar surface area (TPSA) is 84.5 Å². The largest absolute Gasteiger partial charge is 0.416 e. The van der Waals surface area contributed by atoms with Crippen LogP contribution in [0.4, 0.5) is 13.2 Å². The number of rotatable bonds is 7. The molecule has 0 aliphatic heterocycles. The Balaban J connectivity index is 1.88. The molecule has 2 aromatic rings. The Kier molecular flexibility index (Phi) is 6.35. The number of sulfonamides is 1. The van der Waals surface area contributed by atoms with Gasteiger partial charge in [0.1, 0.15) is 0 Å². The van der Waals surface area contributed by atoms with E-state index in [0.29, 0.717) is 6.07 Å². The third-order valence-electron chi connectivity index (χ3n) is 3.16. The molecule has 0 saturated heterocycles. The Morgan fingerprint density at radius 3 is 2.38 bits per heavy atom. The molecule has 2 rings (SSSR count). The summed E-state index contributed by atoms with van der Waals surface area (Å²) < 4.78 is 63.9. The van der Waals surface area contributed by atoms with Crippen LogP contribution in [0, 0.1) is 0 Å². The fraction of sp³-hybridized carbons (Fsp3) is 0.188. The first-order chi connectivity index (χ1) is 12.2. The molecule has 6 nitrogen and oxygen atoms in total. The molecular formula is C16H15F3N2O4S. The van der Waals surface area contributed by atoms with Gasteiger partial charge in [-0.25, -0.2) is 18.6 Å². The Bertz CT molecular complexity index is 855. The first kappa shape index (κ1) is 19.9. The van der Waals surface area contributed by atoms with E-state index in [0.717, 1.165) is 23.8 Å². The predicted molar refractivity (Wildman–Crippen MR) is 86.0 cm³/mol. The molecule has 10 heteroatoms. The van der Waals surface area contributed by atoms with Gasteiger partial charge in [-0.05, 0) is 23.8 Å². The van der Waals surface area contributed by atoms with E-state index in [1.165, 1.54) is 0 Å². The molecule has 0 aliphatic rings. The van der Waals surface area contributed by atoms with Crippen LogP contribution < -0.4 is 10.2 Å². The molecule has 0 spiro atoms. The summed E-state index contributed by atoms with van der Waals surface area (Å²) in [6, 6.07) is 12.1. The van der Waals surface area contributed by atoms with Crippen molar-refractivity contribution in [1.29, 1.82) is 0 Å². The van der Waals surface area contributed by atoms with Crippen LogP contribution in [-0.4, -0.2) is 20.9 Å². The lowest BCUT2D eigenvalue weighted by Crippen LogP contribution is -2.36. The van der Waals surface area contributed by atoms with Gasteiger partial charge in [0.15, 0.2) is 0 Å². The molecule has 0 heterocycles. The number of hydrogen-bond donors (Lipinski definition) is 2. The number of carbonyl (C=O) groups is 1. The monoisotopic (exact) mass is 388 g/mol. The van der Waals surface area contributed by atoms with Crippen molar-refractivity contribution < 1.29 is 31.2 Å². The molecule has 140 valence electrons. The average Bonchev–Trinajstić information content (AvgIpc) is 2.60. The van der Waals surface area contributed by atoms with Crippen LogP contribution in [-0.2, 0) is 32.4 Å². The van der Waals surface area contributed by atoms with Crippen LogP contribution in [0.3, 0.4) is 0 Å². The van der Waals surface area contributed by atoms with E-state index in [-0.39, 0.29) is 6.61 Å². The minimum Gasteiger partial charge on any atom is -0.271 e. The zero-order valence-electron chi connectivity index (χ0n) is 13.3. The Hall–Kier alpha value is -2.43. The Morgan fingerprint density at radius 2 is 1.73 bits per heavy atom. The molecule has 2 aromatic carbocycles. The lowest BCUT2D eigenvalue weighted by molar-refractivity contribution is -0.137. The highest BCUT2D eigenvalue weighted by molar-refractivity contribution is 7.89. The first-order valence-corrected chi connectivity index (χ1v) is 8.78. The molecule has 0 radical (unpaired) electrons. The summed E-state index contributed by atoms with van der Waals surface area (Å²) in [7, 11) is -4.28. The van der Waals surface area contributed by atoms with Crippen LogP contribution in [0.15, 0.2) is 59.5 Å². The minimum atomic E-state index is -4.67. The second kappa shape index (κ2) is 8.30. The van der Waals surface area contributed by atoms with Gasteiger partial charge in [-0.15, -0.1) is 0 Å². The van der Waals surface area contributed by atoms with E-state index in [1.807, 2.05) is 16.3 Å². The van der Waals surface area contributed by atoms with Crippen molar-refractivity contribution in [2.45, 2.75) is 17.7 Å². The standard InChI is InChI=1S/C16H15F3N2O4S/c17-16(18,19)13-7-4-8-14(9-13)26(23,24)20-10-15(22)21-25-11-12-5-2-1-3-6-12/h1-9,20H,10-11H2,(H,21,22). The summed E-state index contributed by atoms with van der Waals surface area (Å²) in [5.74, 6) is -0.795. The van der Waals surface area contributed by atoms with Crippen molar-refractivity contribution in [2.24, 2.45) is 0 Å². The Labute approximate surface area is 148 Å². The van der Waals surface area contributed by atoms with Crippen molar-refractivity contribution in [3.63, 3.8) is 0 Å². The van der Waals surface area contributed by atoms with Crippen molar-refractivity contribution in [3.8, 4) is 0 Å². The molecular weight excluding hydrogens is 373 g/mol. The minimum absolute atomic E-state index is 0.0763. The zero-order valence-corrected chi connectivity index (χ0v) is 14.1. The summed E-state index contributed by atoms with van der Waals surface area (Å²) in [6.45, 7) is -0.611. The molecule has 2 N–H and O–H groups in total. The van der Waals surface area contributed by atoms with Crippen molar-refractivity contribution >= 4 is 15.9 Å². The maximum Gasteiger partial charge on any atom is 0.416 e. The number of nitrogens with one attached hydrogen (secondary N) is 2. The van der Waals surface area contributed by atoms with Gasteiger partial charge >= 0.3 is 6.18 Å². The van der Waals surface area contributed by atoms with Gasteiger partial charge in [0.05, 0.1) is 23.6 Å². The maximum atomic E-state index is 12.7. The number of hydroxylamine groups is 1. The normalized spacial score (nSPS) is 12.0. The second-order valence-corrected chi connectivity index (χ2v) is 6.92. The number of benzene rings is 2. The Morgan fingerprint density at radius 1 is 1.04 bits per heavy atom. The van der Waals surface area contributed by atoms with Crippen LogP contribution >= 0.6 is 0 Å². The lowest BCUT2D eigenvalue weighted by Gasteiger charge is -2.10. The molecule has 1 amide bonds. The molecule has 0 fully saturated rings. The van der Waals surface area contributed by atoms with Gasteiger partial charge in [-0.2, -0.15) is 13.2 Å². The highest BCUT2D eigenvalue weighted by Crippen LogP contribution is 2.30. The smallest absolute Gasteiger partial charge is 0.271 e. The van der Waals surface area contributed by atoms with Crippen molar-refractivity contribution in [3.05, 3.63) is 65.7 Å². The molecule has 0 unspecified atom stereocenters. The first-order valence-electron chi connectivity index (χ1n) is 7.30. The quantitative estimate of drug-likeness (QED) is 0.713. The summed E-state index contributed by atoms with van der Waals surface area (Å²) in [5.41, 5.74) is 1.73. The fourth-order valence-corrected chi connectivity index (χ4v) is 2.92. The van der Waals surface area contributed by atoms with E-state index in [9.17, 15) is 26.4 Å². The second-order valence-electron chi connectivity index (χ2n) is 5.15. The van der Waals surface area contributed by atoms with Crippen LogP contribution in [0.5, 0.6) is 0 Å². The van der Waals surface area contributed by atoms with Gasteiger partial charge in [0.2, 0.25) is 10.0 Å². The van der Waals surface area contributed by atoms with E-state index in [1.54, 1.807) is 24.3 Å². The molecule has 26 heavy (non-hydrogen) atoms. The van der Waals surface area contributed by atoms with E-state index >= 15 is 0 Å². The van der Waals surface area contributed by atoms with Gasteiger partial charge < -0.3 is 0 Å². The number of hydrogen-bond acceptors (Lipinski definition) is 4. The van der Waals surface area contributed by atoms with Gasteiger partial charge in [-0.1, -0.05) is 36.4 Å². The van der Waals surface area contributed by atoms with E-state index in [4.69, 9.17) is 4.84 Å². The maximum absolute atomic E-state index is 12.7. The van der Waals surface area contributed by atoms with Gasteiger partial charge in [0, 0.05) is 0 Å². The number of amides is 1. The lowest BCUT2D eigenvalue weighted by atomic mass is 10.2. The molecule has 0 atom stereocenters. The van der Waals surface area contributed by atoms with E-state index in [2.05, 4.69) is 0 Å². The highest BCUT2D eigenvalue weighted by atomic mass is 32.2. The van der Waals surface area contributed by atoms with Crippen molar-refractivity contribution in [2.75, 3.05) is 6.54 Å². The van der Waals surface area contributed by atoms with Gasteiger partial charge in [-0.3, -0.25) is 9.63 Å². The SMILES string of the molecule is O=C(CNS(=O)(=O)c1cccc(C(F)(F)F)c1)NOCc1ccccc1. The van der Waals surface area contributed by atoms with Crippen molar-refractivity contribution in [1.82, 2.24) is 10.2 Å². The predicted octanol–water partition coefficient (Wildman–Crippen LogP) is 2.23. The molecule has 0 aliphatic carbocycles. The number of alkyl halides is 3. The summed E-state index contributed by atoms with van der Waals surface area (Å²) >= 11 is 0. The van der Waals surface area contributed by atoms with Gasteiger partial charge in [0.25, 0.3) is 5.91 Å². The fourth-order valence-electron chi connectivity index (χ4n) is 1.89. The third kappa shape index (κ3) is 5.83. The summed E-state index contributed by atoms with van der Waals surface area (Å²) in [5, 5.41) is 0. The number of carbonyl (C=O) groups excluding carboxylic acids is 1. The third-order valence-corrected chi connectivity index (χ3v) is 4.56. The molecule has 0 bridgehead atoms. The van der Waals surface area contributed by atoms with Crippen LogP contribution in [0.2, 0.25) is 0 Å². The van der Waals surface area contributed by atoms with Crippen LogP contribution in [0.1, 0.15) is 11.1 Å². The zero-order chi connectivity index (χ0) is 19.2. The molecule has 0 saturated carbocycles. The van der Waals surface area contributed by atoms with Crippen LogP contribution in [0.25, 0.3) is 0 Å². The average molecular weight is 388 g/mol. The molecule has 0 aromatic heterocycles.